The number of carbonyl (C=O) groups excluding carboxylic acids is 2. The Kier molecular flexibility index (Phi) is 4.20. The summed E-state index contributed by atoms with van der Waals surface area (Å²) in [6, 6.07) is 0. The number of rotatable bonds is 4. The Morgan fingerprint density at radius 3 is 2.25 bits per heavy atom. The van der Waals surface area contributed by atoms with Crippen LogP contribution in [-0.2, 0) is 19.4 Å². The highest BCUT2D eigenvalue weighted by molar-refractivity contribution is 6.80. The maximum Gasteiger partial charge on any atom is 0.424 e. The van der Waals surface area contributed by atoms with Gasteiger partial charge >= 0.3 is 11.2 Å². The van der Waals surface area contributed by atoms with E-state index in [-0.39, 0.29) is 0 Å². The van der Waals surface area contributed by atoms with Gasteiger partial charge in [-0.1, -0.05) is 6.92 Å². The SMILES string of the molecule is CCC(C)(C)OOC(=O)C(=O)Cl. The molecule has 0 aliphatic carbocycles. The van der Waals surface area contributed by atoms with Gasteiger partial charge in [0.25, 0.3) is 0 Å². The molecule has 0 spiro atoms. The molecule has 0 aromatic carbocycles. The maximum atomic E-state index is 10.5. The lowest BCUT2D eigenvalue weighted by Gasteiger charge is -2.19. The van der Waals surface area contributed by atoms with Gasteiger partial charge in [0.15, 0.2) is 0 Å². The fourth-order valence-electron chi connectivity index (χ4n) is 0.242. The van der Waals surface area contributed by atoms with E-state index in [4.69, 9.17) is 11.6 Å². The van der Waals surface area contributed by atoms with Crippen molar-refractivity contribution in [1.29, 1.82) is 0 Å². The molecular weight excluding hydrogens is 184 g/mol. The molecule has 0 rings (SSSR count). The molecule has 70 valence electrons. The van der Waals surface area contributed by atoms with Crippen molar-refractivity contribution in [2.45, 2.75) is 32.8 Å². The lowest BCUT2D eigenvalue weighted by molar-refractivity contribution is -0.321. The first kappa shape index (κ1) is 11.4. The van der Waals surface area contributed by atoms with Crippen LogP contribution in [-0.4, -0.2) is 16.8 Å². The third-order valence-corrected chi connectivity index (χ3v) is 1.51. The second-order valence-electron chi connectivity index (χ2n) is 2.84. The van der Waals surface area contributed by atoms with Gasteiger partial charge < -0.3 is 0 Å². The van der Waals surface area contributed by atoms with Gasteiger partial charge in [-0.3, -0.25) is 9.68 Å². The molecule has 0 aliphatic rings. The molecule has 0 saturated carbocycles. The van der Waals surface area contributed by atoms with E-state index in [1.165, 1.54) is 0 Å². The fourth-order valence-corrected chi connectivity index (χ4v) is 0.274. The van der Waals surface area contributed by atoms with Gasteiger partial charge in [-0.2, -0.15) is 4.89 Å². The lowest BCUT2D eigenvalue weighted by Crippen LogP contribution is -2.26. The third kappa shape index (κ3) is 4.31. The van der Waals surface area contributed by atoms with E-state index < -0.39 is 16.8 Å². The van der Waals surface area contributed by atoms with Crippen molar-refractivity contribution in [3.05, 3.63) is 0 Å². The largest absolute Gasteiger partial charge is 0.424 e. The molecular formula is C7H11ClO4. The van der Waals surface area contributed by atoms with Crippen LogP contribution in [0.25, 0.3) is 0 Å². The van der Waals surface area contributed by atoms with Crippen molar-refractivity contribution in [2.24, 2.45) is 0 Å². The summed E-state index contributed by atoms with van der Waals surface area (Å²) in [7, 11) is 0. The molecule has 0 fully saturated rings. The molecule has 0 aromatic rings. The van der Waals surface area contributed by atoms with Gasteiger partial charge in [-0.05, 0) is 31.9 Å². The maximum absolute atomic E-state index is 10.5. The van der Waals surface area contributed by atoms with Crippen molar-refractivity contribution < 1.29 is 19.4 Å². The van der Waals surface area contributed by atoms with E-state index in [2.05, 4.69) is 9.78 Å². The molecule has 0 saturated heterocycles. The summed E-state index contributed by atoms with van der Waals surface area (Å²) in [6.45, 7) is 5.30. The van der Waals surface area contributed by atoms with Crippen LogP contribution in [0.3, 0.4) is 0 Å². The second-order valence-corrected chi connectivity index (χ2v) is 3.18. The van der Waals surface area contributed by atoms with Gasteiger partial charge in [-0.25, -0.2) is 4.79 Å². The zero-order valence-corrected chi connectivity index (χ0v) is 7.97. The van der Waals surface area contributed by atoms with E-state index >= 15 is 0 Å². The quantitative estimate of drug-likeness (QED) is 0.294. The zero-order valence-electron chi connectivity index (χ0n) is 7.22. The summed E-state index contributed by atoms with van der Waals surface area (Å²) in [5.41, 5.74) is -0.595. The van der Waals surface area contributed by atoms with Crippen LogP contribution in [0.15, 0.2) is 0 Å². The Labute approximate surface area is 75.7 Å². The Morgan fingerprint density at radius 2 is 1.92 bits per heavy atom. The molecule has 0 unspecified atom stereocenters. The van der Waals surface area contributed by atoms with Gasteiger partial charge in [0, 0.05) is 0 Å². The Hall–Kier alpha value is -0.610. The van der Waals surface area contributed by atoms with Crippen LogP contribution >= 0.6 is 11.6 Å². The molecule has 0 N–H and O–H groups in total. The predicted octanol–water partition coefficient (Wildman–Crippen LogP) is 1.42. The molecule has 0 aromatic heterocycles. The topological polar surface area (TPSA) is 52.6 Å². The molecule has 0 radical (unpaired) electrons. The molecule has 0 bridgehead atoms. The van der Waals surface area contributed by atoms with Gasteiger partial charge in [0.1, 0.15) is 5.60 Å². The van der Waals surface area contributed by atoms with Gasteiger partial charge in [-0.15, -0.1) is 0 Å². The molecule has 0 heterocycles. The standard InChI is InChI=1S/C7H11ClO4/c1-4-7(2,3)12-11-6(10)5(8)9/h4H2,1-3H3. The van der Waals surface area contributed by atoms with Crippen LogP contribution in [0.1, 0.15) is 27.2 Å². The second kappa shape index (κ2) is 4.42. The van der Waals surface area contributed by atoms with Crippen LogP contribution < -0.4 is 0 Å². The highest BCUT2D eigenvalue weighted by atomic mass is 35.5. The molecule has 0 atom stereocenters. The average molecular weight is 195 g/mol. The Morgan fingerprint density at radius 1 is 1.42 bits per heavy atom. The number of carbonyl (C=O) groups is 2. The zero-order chi connectivity index (χ0) is 9.78. The molecule has 0 aliphatic heterocycles. The minimum absolute atomic E-state index is 0.595. The summed E-state index contributed by atoms with van der Waals surface area (Å²) >= 11 is 4.81. The number of halogens is 1. The fraction of sp³-hybridized carbons (Fsp3) is 0.714. The van der Waals surface area contributed by atoms with Crippen molar-refractivity contribution in [1.82, 2.24) is 0 Å². The normalized spacial score (nSPS) is 11.0. The van der Waals surface area contributed by atoms with Crippen molar-refractivity contribution >= 4 is 22.8 Å². The summed E-state index contributed by atoms with van der Waals surface area (Å²) in [5, 5.41) is -1.19. The van der Waals surface area contributed by atoms with E-state index in [1.807, 2.05) is 6.92 Å². The molecule has 12 heavy (non-hydrogen) atoms. The molecule has 5 heteroatoms. The van der Waals surface area contributed by atoms with Crippen LogP contribution in [0.4, 0.5) is 0 Å². The van der Waals surface area contributed by atoms with E-state index in [1.54, 1.807) is 13.8 Å². The molecule has 4 nitrogen and oxygen atoms in total. The Balaban J connectivity index is 3.83. The van der Waals surface area contributed by atoms with Gasteiger partial charge in [0.05, 0.1) is 0 Å². The van der Waals surface area contributed by atoms with Gasteiger partial charge in [0.2, 0.25) is 0 Å². The first-order valence-corrected chi connectivity index (χ1v) is 3.86. The summed E-state index contributed by atoms with van der Waals surface area (Å²) in [5.74, 6) is -1.20. The Bertz CT molecular complexity index is 188. The highest BCUT2D eigenvalue weighted by Crippen LogP contribution is 2.13. The van der Waals surface area contributed by atoms with E-state index in [9.17, 15) is 9.59 Å². The van der Waals surface area contributed by atoms with Crippen molar-refractivity contribution in [3.8, 4) is 0 Å². The lowest BCUT2D eigenvalue weighted by atomic mass is 10.1. The molecule has 0 amide bonds. The smallest absolute Gasteiger partial charge is 0.287 e. The van der Waals surface area contributed by atoms with Crippen LogP contribution in [0.2, 0.25) is 0 Å². The van der Waals surface area contributed by atoms with E-state index in [0.717, 1.165) is 0 Å². The summed E-state index contributed by atoms with van der Waals surface area (Å²) < 4.78 is 0. The first-order chi connectivity index (χ1) is 5.39. The summed E-state index contributed by atoms with van der Waals surface area (Å²) in [6.07, 6.45) is 0.650. The number of hydrogen-bond acceptors (Lipinski definition) is 4. The van der Waals surface area contributed by atoms with Crippen LogP contribution in [0, 0.1) is 0 Å². The minimum Gasteiger partial charge on any atom is -0.287 e. The van der Waals surface area contributed by atoms with Crippen molar-refractivity contribution in [3.63, 3.8) is 0 Å². The predicted molar refractivity (Wildman–Crippen MR) is 42.4 cm³/mol. The number of hydrogen-bond donors (Lipinski definition) is 0. The van der Waals surface area contributed by atoms with Crippen molar-refractivity contribution in [2.75, 3.05) is 0 Å². The first-order valence-electron chi connectivity index (χ1n) is 3.48. The summed E-state index contributed by atoms with van der Waals surface area (Å²) in [4.78, 5) is 29.4. The van der Waals surface area contributed by atoms with E-state index in [0.29, 0.717) is 6.42 Å². The van der Waals surface area contributed by atoms with Crippen LogP contribution in [0.5, 0.6) is 0 Å². The average Bonchev–Trinajstić information content (AvgIpc) is 2.00. The monoisotopic (exact) mass is 194 g/mol. The minimum atomic E-state index is -1.20. The third-order valence-electron chi connectivity index (χ3n) is 1.35. The highest BCUT2D eigenvalue weighted by Gasteiger charge is 2.21.